The molecule has 4 rings (SSSR count). The normalized spacial score (nSPS) is 13.6. The largest absolute Gasteiger partial charge is 0.416 e. The average Bonchev–Trinajstić information content (AvgIpc) is 3.10. The number of nitrogens with zero attached hydrogens (tertiary/aromatic N) is 5. The number of allylic oxidation sites excluding steroid dienone is 3. The van der Waals surface area contributed by atoms with Crippen LogP contribution in [-0.4, -0.2) is 27.4 Å². The Balaban J connectivity index is 1.40. The van der Waals surface area contributed by atoms with Crippen molar-refractivity contribution in [1.82, 2.24) is 15.0 Å². The van der Waals surface area contributed by atoms with Crippen molar-refractivity contribution in [2.45, 2.75) is 12.6 Å². The van der Waals surface area contributed by atoms with E-state index in [1.807, 2.05) is 6.08 Å². The van der Waals surface area contributed by atoms with Crippen molar-refractivity contribution in [3.05, 3.63) is 89.9 Å². The SMILES string of the molecule is Fc1cnc(N/N=C/c2ccc(Nc3cccc(C(F)(F)F)c3)cn2)nc1C1=CN=CC=CC1. The van der Waals surface area contributed by atoms with E-state index in [0.29, 0.717) is 23.4 Å². The van der Waals surface area contributed by atoms with Gasteiger partial charge in [-0.3, -0.25) is 9.98 Å². The Morgan fingerprint density at radius 1 is 1.03 bits per heavy atom. The van der Waals surface area contributed by atoms with E-state index in [9.17, 15) is 17.6 Å². The summed E-state index contributed by atoms with van der Waals surface area (Å²) in [6, 6.07) is 8.14. The van der Waals surface area contributed by atoms with E-state index in [1.54, 1.807) is 24.4 Å². The topological polar surface area (TPSA) is 87.5 Å². The molecular formula is C23H17F4N7. The molecule has 0 unspecified atom stereocenters. The fraction of sp³-hybridized carbons (Fsp3) is 0.0870. The summed E-state index contributed by atoms with van der Waals surface area (Å²) in [4.78, 5) is 16.2. The zero-order chi connectivity index (χ0) is 24.0. The number of hydrazone groups is 1. The average molecular weight is 467 g/mol. The van der Waals surface area contributed by atoms with E-state index < -0.39 is 17.6 Å². The van der Waals surface area contributed by atoms with Gasteiger partial charge in [0.1, 0.15) is 5.69 Å². The molecule has 3 aromatic rings. The van der Waals surface area contributed by atoms with E-state index in [1.165, 1.54) is 30.7 Å². The first-order valence-electron chi connectivity index (χ1n) is 9.98. The van der Waals surface area contributed by atoms with E-state index in [0.717, 1.165) is 18.3 Å². The number of aliphatic imine (C=N–C) groups is 1. The summed E-state index contributed by atoms with van der Waals surface area (Å²) in [5, 5.41) is 6.88. The first-order chi connectivity index (χ1) is 16.4. The van der Waals surface area contributed by atoms with Crippen molar-refractivity contribution in [3.8, 4) is 0 Å². The number of pyridine rings is 1. The molecule has 1 aliphatic rings. The Morgan fingerprint density at radius 3 is 2.71 bits per heavy atom. The van der Waals surface area contributed by atoms with Crippen LogP contribution in [0.3, 0.4) is 0 Å². The van der Waals surface area contributed by atoms with Crippen LogP contribution in [0.1, 0.15) is 23.4 Å². The molecule has 7 nitrogen and oxygen atoms in total. The van der Waals surface area contributed by atoms with Crippen molar-refractivity contribution in [1.29, 1.82) is 0 Å². The van der Waals surface area contributed by atoms with Crippen LogP contribution in [0.2, 0.25) is 0 Å². The molecule has 2 N–H and O–H groups in total. The van der Waals surface area contributed by atoms with Crippen LogP contribution in [-0.2, 0) is 6.18 Å². The molecule has 3 heterocycles. The van der Waals surface area contributed by atoms with Gasteiger partial charge in [0.05, 0.1) is 35.6 Å². The molecule has 0 fully saturated rings. The van der Waals surface area contributed by atoms with Gasteiger partial charge < -0.3 is 5.32 Å². The smallest absolute Gasteiger partial charge is 0.354 e. The molecule has 0 radical (unpaired) electrons. The van der Waals surface area contributed by atoms with Gasteiger partial charge in [0, 0.05) is 23.7 Å². The second-order valence-electron chi connectivity index (χ2n) is 7.02. The number of aromatic nitrogens is 3. The van der Waals surface area contributed by atoms with E-state index in [2.05, 4.69) is 35.8 Å². The quantitative estimate of drug-likeness (QED) is 0.280. The summed E-state index contributed by atoms with van der Waals surface area (Å²) >= 11 is 0. The first kappa shape index (κ1) is 22.8. The minimum absolute atomic E-state index is 0.0913. The van der Waals surface area contributed by atoms with Gasteiger partial charge in [0.15, 0.2) is 5.82 Å². The Morgan fingerprint density at radius 2 is 1.91 bits per heavy atom. The van der Waals surface area contributed by atoms with Crippen LogP contribution in [0.15, 0.2) is 77.2 Å². The maximum Gasteiger partial charge on any atom is 0.416 e. The number of rotatable bonds is 6. The Bertz CT molecular complexity index is 1280. The molecule has 34 heavy (non-hydrogen) atoms. The Labute approximate surface area is 191 Å². The third-order valence-electron chi connectivity index (χ3n) is 4.55. The molecule has 11 heteroatoms. The number of hydrogen-bond acceptors (Lipinski definition) is 7. The minimum atomic E-state index is -4.42. The molecule has 0 amide bonds. The number of anilines is 3. The highest BCUT2D eigenvalue weighted by molar-refractivity contribution is 5.78. The number of halogens is 4. The van der Waals surface area contributed by atoms with Crippen molar-refractivity contribution in [2.24, 2.45) is 10.1 Å². The monoisotopic (exact) mass is 467 g/mol. The Hall–Kier alpha value is -4.41. The summed E-state index contributed by atoms with van der Waals surface area (Å²) in [5.74, 6) is -0.481. The fourth-order valence-corrected chi connectivity index (χ4v) is 2.95. The summed E-state index contributed by atoms with van der Waals surface area (Å²) in [5.41, 5.74) is 3.86. The van der Waals surface area contributed by atoms with Crippen LogP contribution in [0.5, 0.6) is 0 Å². The number of nitrogens with one attached hydrogen (secondary N) is 2. The van der Waals surface area contributed by atoms with Crippen molar-refractivity contribution in [2.75, 3.05) is 10.7 Å². The van der Waals surface area contributed by atoms with Gasteiger partial charge in [-0.15, -0.1) is 0 Å². The van der Waals surface area contributed by atoms with Gasteiger partial charge in [-0.2, -0.15) is 18.3 Å². The molecule has 0 aliphatic carbocycles. The molecule has 0 spiro atoms. The van der Waals surface area contributed by atoms with Crippen LogP contribution in [0.25, 0.3) is 5.57 Å². The number of alkyl halides is 3. The van der Waals surface area contributed by atoms with Gasteiger partial charge in [-0.05, 0) is 42.8 Å². The molecular weight excluding hydrogens is 450 g/mol. The number of benzene rings is 1. The lowest BCUT2D eigenvalue weighted by molar-refractivity contribution is -0.137. The van der Waals surface area contributed by atoms with Crippen molar-refractivity contribution in [3.63, 3.8) is 0 Å². The van der Waals surface area contributed by atoms with E-state index in [-0.39, 0.29) is 17.3 Å². The third-order valence-corrected chi connectivity index (χ3v) is 4.55. The fourth-order valence-electron chi connectivity index (χ4n) is 2.95. The standard InChI is InChI=1S/C23H17F4N7/c24-20-14-30-22(33-21(20)15-4-1-2-9-28-11-15)34-31-13-18-7-8-19(12-29-18)32-17-6-3-5-16(10-17)23(25,26)27/h1-3,5-14,32H,4H2,(H,30,33,34)/b31-13+. The van der Waals surface area contributed by atoms with Crippen LogP contribution in [0, 0.1) is 5.82 Å². The van der Waals surface area contributed by atoms with Crippen LogP contribution >= 0.6 is 0 Å². The molecule has 0 bridgehead atoms. The van der Waals surface area contributed by atoms with E-state index >= 15 is 0 Å². The molecule has 1 aliphatic heterocycles. The number of hydrogen-bond donors (Lipinski definition) is 2. The molecule has 0 saturated carbocycles. The van der Waals surface area contributed by atoms with Crippen LogP contribution in [0.4, 0.5) is 34.9 Å². The highest BCUT2D eigenvalue weighted by Gasteiger charge is 2.30. The van der Waals surface area contributed by atoms with E-state index in [4.69, 9.17) is 0 Å². The second kappa shape index (κ2) is 10.0. The molecule has 0 atom stereocenters. The highest BCUT2D eigenvalue weighted by Crippen LogP contribution is 2.31. The highest BCUT2D eigenvalue weighted by atomic mass is 19.4. The summed E-state index contributed by atoms with van der Waals surface area (Å²) < 4.78 is 52.7. The molecule has 1 aromatic carbocycles. The van der Waals surface area contributed by atoms with Gasteiger partial charge >= 0.3 is 6.18 Å². The summed E-state index contributed by atoms with van der Waals surface area (Å²) in [6.07, 6.45) is 6.70. The lowest BCUT2D eigenvalue weighted by Crippen LogP contribution is -2.05. The van der Waals surface area contributed by atoms with Gasteiger partial charge in [-0.1, -0.05) is 12.1 Å². The lowest BCUT2D eigenvalue weighted by Gasteiger charge is -2.10. The van der Waals surface area contributed by atoms with Gasteiger partial charge in [0.25, 0.3) is 0 Å². The third kappa shape index (κ3) is 5.88. The molecule has 2 aromatic heterocycles. The van der Waals surface area contributed by atoms with Gasteiger partial charge in [-0.25, -0.2) is 19.8 Å². The lowest BCUT2D eigenvalue weighted by atomic mass is 10.1. The zero-order valence-corrected chi connectivity index (χ0v) is 17.5. The predicted octanol–water partition coefficient (Wildman–Crippen LogP) is 5.59. The van der Waals surface area contributed by atoms with Crippen molar-refractivity contribution >= 4 is 35.3 Å². The Kier molecular flexibility index (Phi) is 6.72. The summed E-state index contributed by atoms with van der Waals surface area (Å²) in [7, 11) is 0. The van der Waals surface area contributed by atoms with Crippen LogP contribution < -0.4 is 10.7 Å². The first-order valence-corrected chi connectivity index (χ1v) is 9.98. The van der Waals surface area contributed by atoms with Gasteiger partial charge in [0.2, 0.25) is 5.95 Å². The zero-order valence-electron chi connectivity index (χ0n) is 17.5. The minimum Gasteiger partial charge on any atom is -0.354 e. The predicted molar refractivity (Wildman–Crippen MR) is 122 cm³/mol. The molecule has 172 valence electrons. The molecule has 0 saturated heterocycles. The van der Waals surface area contributed by atoms with Crippen molar-refractivity contribution < 1.29 is 17.6 Å². The second-order valence-corrected chi connectivity index (χ2v) is 7.02. The maximum atomic E-state index is 14.2. The summed E-state index contributed by atoms with van der Waals surface area (Å²) in [6.45, 7) is 0. The maximum absolute atomic E-state index is 14.2.